The molecule has 0 atom stereocenters. The van der Waals surface area contributed by atoms with E-state index in [0.717, 1.165) is 28.1 Å². The maximum atomic E-state index is 12.1. The summed E-state index contributed by atoms with van der Waals surface area (Å²) in [6, 6.07) is 13.8. The Morgan fingerprint density at radius 2 is 1.96 bits per heavy atom. The van der Waals surface area contributed by atoms with Gasteiger partial charge in [-0.25, -0.2) is 0 Å². The van der Waals surface area contributed by atoms with Gasteiger partial charge in [0.1, 0.15) is 5.75 Å². The minimum atomic E-state index is 0.0203. The van der Waals surface area contributed by atoms with Gasteiger partial charge in [-0.3, -0.25) is 4.79 Å². The predicted molar refractivity (Wildman–Crippen MR) is 95.9 cm³/mol. The van der Waals surface area contributed by atoms with Gasteiger partial charge in [-0.15, -0.1) is 0 Å². The minimum Gasteiger partial charge on any atom is -0.493 e. The summed E-state index contributed by atoms with van der Waals surface area (Å²) in [6.07, 6.45) is 4.70. The first-order valence-electron chi connectivity index (χ1n) is 8.11. The van der Waals surface area contributed by atoms with Crippen LogP contribution < -0.4 is 9.64 Å². The maximum absolute atomic E-state index is 12.1. The Morgan fingerprint density at radius 1 is 1.17 bits per heavy atom. The summed E-state index contributed by atoms with van der Waals surface area (Å²) < 4.78 is 5.65. The lowest BCUT2D eigenvalue weighted by Gasteiger charge is -2.26. The quantitative estimate of drug-likeness (QED) is 0.876. The van der Waals surface area contributed by atoms with Crippen LogP contribution in [0.4, 0.5) is 5.69 Å². The fourth-order valence-corrected chi connectivity index (χ4v) is 2.81. The molecule has 2 aromatic carbocycles. The van der Waals surface area contributed by atoms with Crippen molar-refractivity contribution in [3.05, 3.63) is 59.2 Å². The highest BCUT2D eigenvalue weighted by atomic mass is 16.5. The standard InChI is InChI=1S/C20H21NO3/c1-15(23)21-14-18-9-10-19(24-12-4-11-22)13-17(18)8-7-16-5-2-3-6-20(16)21/h2-3,5-10,13,22H,4,11-12,14H2,1H3. The van der Waals surface area contributed by atoms with Crippen LogP contribution in [-0.2, 0) is 11.3 Å². The van der Waals surface area contributed by atoms with Crippen molar-refractivity contribution in [1.29, 1.82) is 0 Å². The number of benzene rings is 2. The smallest absolute Gasteiger partial charge is 0.224 e. The highest BCUT2D eigenvalue weighted by Gasteiger charge is 2.18. The van der Waals surface area contributed by atoms with Gasteiger partial charge in [0.25, 0.3) is 0 Å². The van der Waals surface area contributed by atoms with E-state index in [1.165, 1.54) is 0 Å². The summed E-state index contributed by atoms with van der Waals surface area (Å²) in [4.78, 5) is 13.9. The number of ether oxygens (including phenoxy) is 1. The Balaban J connectivity index is 1.97. The highest BCUT2D eigenvalue weighted by Crippen LogP contribution is 2.30. The molecule has 0 radical (unpaired) electrons. The van der Waals surface area contributed by atoms with Crippen molar-refractivity contribution in [2.75, 3.05) is 18.1 Å². The number of fused-ring (bicyclic) bond motifs is 2. The lowest BCUT2D eigenvalue weighted by atomic mass is 10.0. The second-order valence-corrected chi connectivity index (χ2v) is 5.78. The van der Waals surface area contributed by atoms with E-state index >= 15 is 0 Å². The first-order chi connectivity index (χ1) is 11.7. The van der Waals surface area contributed by atoms with Crippen molar-refractivity contribution in [2.45, 2.75) is 19.9 Å². The molecule has 124 valence electrons. The molecule has 1 aliphatic rings. The molecule has 0 saturated heterocycles. The van der Waals surface area contributed by atoms with E-state index in [-0.39, 0.29) is 12.5 Å². The van der Waals surface area contributed by atoms with Crippen molar-refractivity contribution in [1.82, 2.24) is 0 Å². The number of amides is 1. The minimum absolute atomic E-state index is 0.0203. The van der Waals surface area contributed by atoms with Crippen LogP contribution in [0.1, 0.15) is 30.0 Å². The monoisotopic (exact) mass is 323 g/mol. The summed E-state index contributed by atoms with van der Waals surface area (Å²) >= 11 is 0. The van der Waals surface area contributed by atoms with Gasteiger partial charge in [-0.1, -0.05) is 36.4 Å². The molecule has 24 heavy (non-hydrogen) atoms. The summed E-state index contributed by atoms with van der Waals surface area (Å²) in [5.41, 5.74) is 4.06. The third-order valence-corrected chi connectivity index (χ3v) is 4.07. The van der Waals surface area contributed by atoms with Crippen LogP contribution in [0.2, 0.25) is 0 Å². The number of carbonyl (C=O) groups excluding carboxylic acids is 1. The average Bonchev–Trinajstić information content (AvgIpc) is 2.57. The van der Waals surface area contributed by atoms with Gasteiger partial charge in [0.05, 0.1) is 18.8 Å². The lowest BCUT2D eigenvalue weighted by Crippen LogP contribution is -2.29. The Bertz CT molecular complexity index is 767. The summed E-state index contributed by atoms with van der Waals surface area (Å²) in [5, 5.41) is 8.85. The summed E-state index contributed by atoms with van der Waals surface area (Å²) in [7, 11) is 0. The molecule has 1 aliphatic heterocycles. The number of aliphatic hydroxyl groups excluding tert-OH is 1. The van der Waals surface area contributed by atoms with Gasteiger partial charge in [0.15, 0.2) is 0 Å². The van der Waals surface area contributed by atoms with E-state index in [4.69, 9.17) is 9.84 Å². The number of hydrogen-bond donors (Lipinski definition) is 1. The number of nitrogens with zero attached hydrogens (tertiary/aromatic N) is 1. The molecule has 0 bridgehead atoms. The molecule has 1 amide bonds. The Labute approximate surface area is 142 Å². The van der Waals surface area contributed by atoms with Crippen molar-refractivity contribution >= 4 is 23.7 Å². The SMILES string of the molecule is CC(=O)N1Cc2ccc(OCCCO)cc2C=Cc2ccccc21. The first kappa shape index (κ1) is 16.3. The Kier molecular flexibility index (Phi) is 4.96. The first-order valence-corrected chi connectivity index (χ1v) is 8.11. The van der Waals surface area contributed by atoms with Gasteiger partial charge in [0, 0.05) is 20.0 Å². The largest absolute Gasteiger partial charge is 0.493 e. The molecule has 1 heterocycles. The number of aliphatic hydroxyl groups is 1. The molecule has 2 aromatic rings. The number of carbonyl (C=O) groups is 1. The van der Waals surface area contributed by atoms with Crippen molar-refractivity contribution < 1.29 is 14.6 Å². The van der Waals surface area contributed by atoms with Crippen LogP contribution in [0.5, 0.6) is 5.75 Å². The molecule has 0 aliphatic carbocycles. The summed E-state index contributed by atoms with van der Waals surface area (Å²) in [6.45, 7) is 2.73. The predicted octanol–water partition coefficient (Wildman–Crippen LogP) is 3.48. The van der Waals surface area contributed by atoms with Gasteiger partial charge >= 0.3 is 0 Å². The van der Waals surface area contributed by atoms with E-state index in [1.807, 2.05) is 48.5 Å². The van der Waals surface area contributed by atoms with Crippen LogP contribution in [0, 0.1) is 0 Å². The molecule has 4 heteroatoms. The van der Waals surface area contributed by atoms with Crippen molar-refractivity contribution in [2.24, 2.45) is 0 Å². The molecule has 1 N–H and O–H groups in total. The van der Waals surface area contributed by atoms with Gasteiger partial charge in [-0.05, 0) is 34.9 Å². The zero-order chi connectivity index (χ0) is 16.9. The fourth-order valence-electron chi connectivity index (χ4n) is 2.81. The number of para-hydroxylation sites is 1. The normalized spacial score (nSPS) is 12.8. The van der Waals surface area contributed by atoms with Gasteiger partial charge < -0.3 is 14.7 Å². The third kappa shape index (κ3) is 3.49. The molecule has 0 fully saturated rings. The zero-order valence-electron chi connectivity index (χ0n) is 13.7. The third-order valence-electron chi connectivity index (χ3n) is 4.07. The second-order valence-electron chi connectivity index (χ2n) is 5.78. The van der Waals surface area contributed by atoms with E-state index < -0.39 is 0 Å². The second kappa shape index (κ2) is 7.32. The zero-order valence-corrected chi connectivity index (χ0v) is 13.7. The van der Waals surface area contributed by atoms with E-state index in [1.54, 1.807) is 11.8 Å². The van der Waals surface area contributed by atoms with Crippen LogP contribution in [0.15, 0.2) is 42.5 Å². The number of anilines is 1. The number of hydrogen-bond acceptors (Lipinski definition) is 3. The topological polar surface area (TPSA) is 49.8 Å². The number of rotatable bonds is 4. The van der Waals surface area contributed by atoms with Gasteiger partial charge in [0.2, 0.25) is 5.91 Å². The molecular formula is C20H21NO3. The highest BCUT2D eigenvalue weighted by molar-refractivity contribution is 5.95. The van der Waals surface area contributed by atoms with Crippen LogP contribution in [0.3, 0.4) is 0 Å². The average molecular weight is 323 g/mol. The molecule has 3 rings (SSSR count). The Morgan fingerprint density at radius 3 is 2.75 bits per heavy atom. The van der Waals surface area contributed by atoms with Gasteiger partial charge in [-0.2, -0.15) is 0 Å². The Hall–Kier alpha value is -2.59. The van der Waals surface area contributed by atoms with E-state index in [2.05, 4.69) is 6.08 Å². The summed E-state index contributed by atoms with van der Waals surface area (Å²) in [5.74, 6) is 0.794. The molecule has 4 nitrogen and oxygen atoms in total. The fraction of sp³-hybridized carbons (Fsp3) is 0.250. The van der Waals surface area contributed by atoms with Crippen LogP contribution in [0.25, 0.3) is 12.2 Å². The van der Waals surface area contributed by atoms with E-state index in [0.29, 0.717) is 19.6 Å². The van der Waals surface area contributed by atoms with Crippen LogP contribution >= 0.6 is 0 Å². The van der Waals surface area contributed by atoms with Crippen molar-refractivity contribution in [3.8, 4) is 5.75 Å². The van der Waals surface area contributed by atoms with E-state index in [9.17, 15) is 4.79 Å². The molecular weight excluding hydrogens is 302 g/mol. The molecule has 0 saturated carbocycles. The maximum Gasteiger partial charge on any atom is 0.224 e. The van der Waals surface area contributed by atoms with Crippen molar-refractivity contribution in [3.63, 3.8) is 0 Å². The molecule has 0 unspecified atom stereocenters. The molecule has 0 aromatic heterocycles. The lowest BCUT2D eigenvalue weighted by molar-refractivity contribution is -0.116. The van der Waals surface area contributed by atoms with Crippen LogP contribution in [-0.4, -0.2) is 24.2 Å². The molecule has 0 spiro atoms.